The molecular formula is C13H14AcO2. The van der Waals surface area contributed by atoms with E-state index in [0.29, 0.717) is 30.6 Å². The second-order valence-electron chi connectivity index (χ2n) is 3.83. The van der Waals surface area contributed by atoms with E-state index in [1.165, 1.54) is 5.56 Å². The fourth-order valence-electron chi connectivity index (χ4n) is 1.89. The molecule has 1 aromatic rings. The summed E-state index contributed by atoms with van der Waals surface area (Å²) in [5.41, 5.74) is 1.84. The van der Waals surface area contributed by atoms with Gasteiger partial charge in [-0.1, -0.05) is 30.3 Å². The molecule has 0 bridgehead atoms. The van der Waals surface area contributed by atoms with Crippen LogP contribution in [0.1, 0.15) is 24.8 Å². The molecule has 1 N–H and O–H groups in total. The zero-order valence-corrected chi connectivity index (χ0v) is 13.9. The maximum atomic E-state index is 11.4. The SMILES string of the molecule is O=C1CCC(O)=C1CCc1ccccc1.[Ac]. The normalized spacial score (nSPS) is 15.1. The number of allylic oxidation sites excluding steroid dienone is 2. The molecular weight excluding hydrogens is 415 g/mol. The molecule has 0 saturated heterocycles. The van der Waals surface area contributed by atoms with Gasteiger partial charge in [-0.15, -0.1) is 0 Å². The fourth-order valence-corrected chi connectivity index (χ4v) is 1.89. The quantitative estimate of drug-likeness (QED) is 0.803. The van der Waals surface area contributed by atoms with Gasteiger partial charge in [0.15, 0.2) is 5.78 Å². The van der Waals surface area contributed by atoms with Crippen LogP contribution in [-0.2, 0) is 11.2 Å². The second kappa shape index (κ2) is 6.57. The predicted octanol–water partition coefficient (Wildman–Crippen LogP) is 2.79. The van der Waals surface area contributed by atoms with Crippen LogP contribution in [0.25, 0.3) is 0 Å². The summed E-state index contributed by atoms with van der Waals surface area (Å²) in [4.78, 5) is 11.4. The standard InChI is InChI=1S/C13H14O2.Ac/c14-12-8-9-13(15)11(12)7-6-10-4-2-1-3-5-10;/h1-5,14H,6-9H2;. The molecule has 1 aliphatic carbocycles. The summed E-state index contributed by atoms with van der Waals surface area (Å²) in [5.74, 6) is 0.416. The Morgan fingerprint density at radius 1 is 1.06 bits per heavy atom. The second-order valence-corrected chi connectivity index (χ2v) is 3.83. The van der Waals surface area contributed by atoms with Crippen molar-refractivity contribution in [2.75, 3.05) is 0 Å². The maximum Gasteiger partial charge on any atom is 0.162 e. The summed E-state index contributed by atoms with van der Waals surface area (Å²) in [6, 6.07) is 10.0. The molecule has 0 aromatic heterocycles. The predicted molar refractivity (Wildman–Crippen MR) is 58.7 cm³/mol. The van der Waals surface area contributed by atoms with E-state index in [4.69, 9.17) is 0 Å². The van der Waals surface area contributed by atoms with Gasteiger partial charge in [0.2, 0.25) is 0 Å². The Morgan fingerprint density at radius 3 is 2.31 bits per heavy atom. The van der Waals surface area contributed by atoms with Crippen molar-refractivity contribution >= 4 is 5.78 Å². The molecule has 2 rings (SSSR count). The van der Waals surface area contributed by atoms with Crippen LogP contribution in [0.3, 0.4) is 0 Å². The van der Waals surface area contributed by atoms with Crippen molar-refractivity contribution < 1.29 is 54.0 Å². The third-order valence-electron chi connectivity index (χ3n) is 2.78. The minimum atomic E-state index is 0. The summed E-state index contributed by atoms with van der Waals surface area (Å²) in [6.45, 7) is 0. The van der Waals surface area contributed by atoms with Gasteiger partial charge in [0, 0.05) is 62.5 Å². The summed E-state index contributed by atoms with van der Waals surface area (Å²) < 4.78 is 0. The number of hydrogen-bond donors (Lipinski definition) is 1. The molecule has 0 fully saturated rings. The molecule has 16 heavy (non-hydrogen) atoms. The molecule has 2 nitrogen and oxygen atoms in total. The van der Waals surface area contributed by atoms with E-state index in [9.17, 15) is 9.90 Å². The number of aryl methyl sites for hydroxylation is 1. The van der Waals surface area contributed by atoms with Crippen LogP contribution >= 0.6 is 0 Å². The molecule has 0 amide bonds. The largest absolute Gasteiger partial charge is 0.512 e. The zero-order chi connectivity index (χ0) is 10.7. The molecule has 1 aromatic carbocycles. The monoisotopic (exact) mass is 429 g/mol. The number of ketones is 1. The van der Waals surface area contributed by atoms with Gasteiger partial charge >= 0.3 is 0 Å². The third-order valence-corrected chi connectivity index (χ3v) is 2.78. The molecule has 0 spiro atoms. The molecule has 1 aliphatic rings. The first-order valence-corrected chi connectivity index (χ1v) is 5.25. The number of rotatable bonds is 3. The molecule has 0 atom stereocenters. The molecule has 81 valence electrons. The van der Waals surface area contributed by atoms with Crippen molar-refractivity contribution in [3.63, 3.8) is 0 Å². The van der Waals surface area contributed by atoms with Gasteiger partial charge in [-0.2, -0.15) is 0 Å². The van der Waals surface area contributed by atoms with Crippen molar-refractivity contribution in [1.29, 1.82) is 0 Å². The number of carbonyl (C=O) groups excluding carboxylic acids is 1. The first kappa shape index (κ1) is 13.9. The number of aliphatic hydroxyl groups excluding tert-OH is 1. The molecule has 0 heterocycles. The molecule has 3 heteroatoms. The van der Waals surface area contributed by atoms with Crippen LogP contribution in [-0.4, -0.2) is 10.9 Å². The number of hydrogen-bond acceptors (Lipinski definition) is 2. The van der Waals surface area contributed by atoms with Crippen molar-refractivity contribution in [1.82, 2.24) is 0 Å². The van der Waals surface area contributed by atoms with Crippen LogP contribution in [0.2, 0.25) is 0 Å². The van der Waals surface area contributed by atoms with Gasteiger partial charge in [0.1, 0.15) is 0 Å². The van der Waals surface area contributed by atoms with Crippen molar-refractivity contribution in [2.45, 2.75) is 25.7 Å². The van der Waals surface area contributed by atoms with Crippen molar-refractivity contribution in [3.8, 4) is 0 Å². The number of Topliss-reactive ketones (excluding diaryl/α,β-unsaturated/α-hetero) is 1. The van der Waals surface area contributed by atoms with Crippen LogP contribution < -0.4 is 0 Å². The van der Waals surface area contributed by atoms with Gasteiger partial charge in [0.05, 0.1) is 5.76 Å². The molecule has 0 unspecified atom stereocenters. The average Bonchev–Trinajstić information content (AvgIpc) is 2.58. The van der Waals surface area contributed by atoms with Crippen LogP contribution in [0.15, 0.2) is 41.7 Å². The smallest absolute Gasteiger partial charge is 0.162 e. The Hall–Kier alpha value is -0.128. The zero-order valence-electron chi connectivity index (χ0n) is 9.15. The van der Waals surface area contributed by atoms with Gasteiger partial charge in [-0.3, -0.25) is 4.79 Å². The van der Waals surface area contributed by atoms with E-state index in [1.54, 1.807) is 0 Å². The maximum absolute atomic E-state index is 11.4. The Balaban J connectivity index is 0.00000128. The van der Waals surface area contributed by atoms with Gasteiger partial charge < -0.3 is 5.11 Å². The Morgan fingerprint density at radius 2 is 1.75 bits per heavy atom. The van der Waals surface area contributed by atoms with Crippen molar-refractivity contribution in [2.24, 2.45) is 0 Å². The minimum absolute atomic E-state index is 0. The first-order valence-electron chi connectivity index (χ1n) is 5.25. The molecule has 0 saturated carbocycles. The van der Waals surface area contributed by atoms with Gasteiger partial charge in [0.25, 0.3) is 0 Å². The number of carbonyl (C=O) groups is 1. The summed E-state index contributed by atoms with van der Waals surface area (Å²) in [6.07, 6.45) is 2.50. The average molecular weight is 429 g/mol. The van der Waals surface area contributed by atoms with Gasteiger partial charge in [-0.25, -0.2) is 0 Å². The van der Waals surface area contributed by atoms with Crippen LogP contribution in [0.4, 0.5) is 0 Å². The first-order chi connectivity index (χ1) is 7.27. The van der Waals surface area contributed by atoms with E-state index >= 15 is 0 Å². The Labute approximate surface area is 131 Å². The summed E-state index contributed by atoms with van der Waals surface area (Å²) >= 11 is 0. The summed E-state index contributed by atoms with van der Waals surface area (Å²) in [7, 11) is 0. The number of aliphatic hydroxyl groups is 1. The van der Waals surface area contributed by atoms with Crippen LogP contribution in [0, 0.1) is 44.1 Å². The molecule has 0 aliphatic heterocycles. The van der Waals surface area contributed by atoms with Crippen LogP contribution in [0.5, 0.6) is 0 Å². The van der Waals surface area contributed by atoms with E-state index in [2.05, 4.69) is 0 Å². The summed E-state index contributed by atoms with van der Waals surface area (Å²) in [5, 5.41) is 9.50. The van der Waals surface area contributed by atoms with Gasteiger partial charge in [-0.05, 0) is 18.4 Å². The Bertz CT molecular complexity index is 396. The minimum Gasteiger partial charge on any atom is -0.512 e. The topological polar surface area (TPSA) is 37.3 Å². The fraction of sp³-hybridized carbons (Fsp3) is 0.308. The molecule has 1 radical (unpaired) electrons. The number of benzene rings is 1. The van der Waals surface area contributed by atoms with Crippen molar-refractivity contribution in [3.05, 3.63) is 47.2 Å². The van der Waals surface area contributed by atoms with E-state index < -0.39 is 0 Å². The van der Waals surface area contributed by atoms with E-state index in [-0.39, 0.29) is 49.8 Å². The van der Waals surface area contributed by atoms with E-state index in [0.717, 1.165) is 6.42 Å². The third kappa shape index (κ3) is 3.43. The Kier molecular flexibility index (Phi) is 5.72. The van der Waals surface area contributed by atoms with E-state index in [1.807, 2.05) is 30.3 Å².